The monoisotopic (exact) mass is 275 g/mol. The number of aromatic nitrogens is 3. The van der Waals surface area contributed by atoms with E-state index in [2.05, 4.69) is 10.1 Å². The number of aryl methyl sites for hydroxylation is 1. The van der Waals surface area contributed by atoms with Gasteiger partial charge in [0, 0.05) is 35.8 Å². The number of nitrogens with two attached hydrogens (primary N) is 1. The van der Waals surface area contributed by atoms with E-state index >= 15 is 0 Å². The molecule has 0 atom stereocenters. The fraction of sp³-hybridized carbons (Fsp3) is 0.385. The highest BCUT2D eigenvalue weighted by molar-refractivity contribution is 5.74. The molecule has 0 fully saturated rings. The van der Waals surface area contributed by atoms with Crippen LogP contribution in [0.3, 0.4) is 0 Å². The lowest BCUT2D eigenvalue weighted by Gasteiger charge is -2.12. The second-order valence-electron chi connectivity index (χ2n) is 5.66. The maximum atomic E-state index is 10.9. The van der Waals surface area contributed by atoms with Crippen molar-refractivity contribution in [1.82, 2.24) is 14.8 Å². The van der Waals surface area contributed by atoms with Crippen LogP contribution >= 0.6 is 0 Å². The van der Waals surface area contributed by atoms with Gasteiger partial charge in [-0.25, -0.2) is 9.67 Å². The zero-order valence-corrected chi connectivity index (χ0v) is 11.9. The quantitative estimate of drug-likeness (QED) is 0.514. The highest BCUT2D eigenvalue weighted by Gasteiger charge is 2.23. The van der Waals surface area contributed by atoms with E-state index in [1.165, 1.54) is 18.2 Å². The summed E-state index contributed by atoms with van der Waals surface area (Å²) in [7, 11) is 1.75. The molecule has 0 unspecified atom stereocenters. The van der Waals surface area contributed by atoms with Crippen LogP contribution in [0.15, 0.2) is 18.2 Å². The Morgan fingerprint density at radius 1 is 1.35 bits per heavy atom. The first kappa shape index (κ1) is 14.0. The number of hydrogen-bond donors (Lipinski definition) is 1. The van der Waals surface area contributed by atoms with Gasteiger partial charge in [0.15, 0.2) is 11.6 Å². The highest BCUT2D eigenvalue weighted by Crippen LogP contribution is 2.30. The second-order valence-corrected chi connectivity index (χ2v) is 5.66. The van der Waals surface area contributed by atoms with E-state index in [1.54, 1.807) is 11.7 Å². The van der Waals surface area contributed by atoms with E-state index < -0.39 is 4.92 Å². The molecule has 0 saturated heterocycles. The molecule has 7 nitrogen and oxygen atoms in total. The molecule has 0 radical (unpaired) electrons. The Kier molecular flexibility index (Phi) is 3.21. The Morgan fingerprint density at radius 2 is 2.00 bits per heavy atom. The van der Waals surface area contributed by atoms with Gasteiger partial charge in [0.1, 0.15) is 0 Å². The van der Waals surface area contributed by atoms with Gasteiger partial charge < -0.3 is 5.73 Å². The predicted molar refractivity (Wildman–Crippen MR) is 76.2 cm³/mol. The summed E-state index contributed by atoms with van der Waals surface area (Å²) in [6.45, 7) is 6.01. The van der Waals surface area contributed by atoms with Crippen molar-refractivity contribution in [2.24, 2.45) is 7.05 Å². The molecule has 1 heterocycles. The molecule has 20 heavy (non-hydrogen) atoms. The van der Waals surface area contributed by atoms with Gasteiger partial charge in [-0.1, -0.05) is 20.8 Å². The van der Waals surface area contributed by atoms with Crippen LogP contribution < -0.4 is 5.73 Å². The summed E-state index contributed by atoms with van der Waals surface area (Å²) < 4.78 is 1.59. The molecule has 106 valence electrons. The number of benzene rings is 1. The smallest absolute Gasteiger partial charge is 0.270 e. The van der Waals surface area contributed by atoms with Crippen molar-refractivity contribution in [2.45, 2.75) is 26.2 Å². The van der Waals surface area contributed by atoms with E-state index in [9.17, 15) is 10.1 Å². The molecular weight excluding hydrogens is 258 g/mol. The number of nitrogen functional groups attached to an aromatic ring is 1. The maximum absolute atomic E-state index is 10.9. The summed E-state index contributed by atoms with van der Waals surface area (Å²) >= 11 is 0. The Balaban J connectivity index is 2.59. The van der Waals surface area contributed by atoms with Crippen LogP contribution in [0.25, 0.3) is 11.4 Å². The molecule has 0 aliphatic rings. The molecule has 0 bridgehead atoms. The van der Waals surface area contributed by atoms with Crippen molar-refractivity contribution in [3.8, 4) is 11.4 Å². The Labute approximate surface area is 116 Å². The number of hydrogen-bond acceptors (Lipinski definition) is 5. The molecule has 0 saturated carbocycles. The van der Waals surface area contributed by atoms with Crippen LogP contribution in [0.2, 0.25) is 0 Å². The third-order valence-corrected chi connectivity index (χ3v) is 2.92. The number of rotatable bonds is 2. The third-order valence-electron chi connectivity index (χ3n) is 2.92. The molecule has 0 aliphatic heterocycles. The number of nitro benzene ring substituents is 1. The van der Waals surface area contributed by atoms with Gasteiger partial charge >= 0.3 is 0 Å². The van der Waals surface area contributed by atoms with Crippen molar-refractivity contribution in [3.05, 3.63) is 34.1 Å². The predicted octanol–water partition coefficient (Wildman–Crippen LogP) is 2.27. The molecule has 7 heteroatoms. The van der Waals surface area contributed by atoms with Crippen molar-refractivity contribution in [3.63, 3.8) is 0 Å². The Hall–Kier alpha value is -2.44. The van der Waals surface area contributed by atoms with Gasteiger partial charge in [0.25, 0.3) is 5.69 Å². The van der Waals surface area contributed by atoms with E-state index in [1.807, 2.05) is 20.8 Å². The van der Waals surface area contributed by atoms with E-state index in [-0.39, 0.29) is 11.1 Å². The average Bonchev–Trinajstić information content (AvgIpc) is 2.71. The fourth-order valence-electron chi connectivity index (χ4n) is 1.79. The first-order valence-corrected chi connectivity index (χ1v) is 6.16. The Morgan fingerprint density at radius 3 is 2.50 bits per heavy atom. The number of nitro groups is 1. The zero-order valence-electron chi connectivity index (χ0n) is 11.9. The Bertz CT molecular complexity index is 670. The third kappa shape index (κ3) is 2.47. The minimum atomic E-state index is -0.454. The van der Waals surface area contributed by atoms with Gasteiger partial charge in [0.05, 0.1) is 4.92 Å². The summed E-state index contributed by atoms with van der Waals surface area (Å²) in [5.74, 6) is 1.19. The first-order chi connectivity index (χ1) is 9.20. The van der Waals surface area contributed by atoms with Crippen molar-refractivity contribution >= 4 is 11.4 Å². The highest BCUT2D eigenvalue weighted by atomic mass is 16.6. The summed E-state index contributed by atoms with van der Waals surface area (Å²) in [5, 5.41) is 15.2. The normalized spacial score (nSPS) is 11.6. The molecular formula is C13H17N5O2. The molecule has 2 N–H and O–H groups in total. The van der Waals surface area contributed by atoms with Gasteiger partial charge in [-0.2, -0.15) is 5.10 Å². The van der Waals surface area contributed by atoms with Crippen LogP contribution in [-0.4, -0.2) is 19.7 Å². The molecule has 2 rings (SSSR count). The van der Waals surface area contributed by atoms with Crippen LogP contribution in [0.5, 0.6) is 0 Å². The zero-order chi connectivity index (χ0) is 15.1. The minimum Gasteiger partial charge on any atom is -0.398 e. The summed E-state index contributed by atoms with van der Waals surface area (Å²) in [6.07, 6.45) is 0. The summed E-state index contributed by atoms with van der Waals surface area (Å²) in [4.78, 5) is 14.9. The molecule has 0 spiro atoms. The van der Waals surface area contributed by atoms with Crippen LogP contribution in [0.1, 0.15) is 26.6 Å². The lowest BCUT2D eigenvalue weighted by Crippen LogP contribution is -2.13. The fourth-order valence-corrected chi connectivity index (χ4v) is 1.79. The van der Waals surface area contributed by atoms with E-state index in [4.69, 9.17) is 5.73 Å². The van der Waals surface area contributed by atoms with Gasteiger partial charge in [-0.05, 0) is 6.07 Å². The molecule has 0 aliphatic carbocycles. The SMILES string of the molecule is Cn1nc(C(C)(C)C)nc1-c1cc([N+](=O)[O-])ccc1N. The number of anilines is 1. The van der Waals surface area contributed by atoms with Gasteiger partial charge in [-0.3, -0.25) is 10.1 Å². The first-order valence-electron chi connectivity index (χ1n) is 6.16. The largest absolute Gasteiger partial charge is 0.398 e. The van der Waals surface area contributed by atoms with E-state index in [0.29, 0.717) is 22.9 Å². The van der Waals surface area contributed by atoms with Gasteiger partial charge in [-0.15, -0.1) is 0 Å². The standard InChI is InChI=1S/C13H17N5O2/c1-13(2,3)12-15-11(17(4)16-12)9-7-8(18(19)20)5-6-10(9)14/h5-7H,14H2,1-4H3. The summed E-state index contributed by atoms with van der Waals surface area (Å²) in [5.41, 5.74) is 6.64. The topological polar surface area (TPSA) is 99.9 Å². The number of non-ortho nitro benzene ring substituents is 1. The lowest BCUT2D eigenvalue weighted by atomic mass is 9.96. The number of nitrogens with zero attached hydrogens (tertiary/aromatic N) is 4. The van der Waals surface area contributed by atoms with Crippen molar-refractivity contribution in [2.75, 3.05) is 5.73 Å². The average molecular weight is 275 g/mol. The second kappa shape index (κ2) is 4.59. The summed E-state index contributed by atoms with van der Waals surface area (Å²) in [6, 6.07) is 4.31. The van der Waals surface area contributed by atoms with E-state index in [0.717, 1.165) is 0 Å². The van der Waals surface area contributed by atoms with Gasteiger partial charge in [0.2, 0.25) is 0 Å². The lowest BCUT2D eigenvalue weighted by molar-refractivity contribution is -0.384. The molecule has 0 amide bonds. The minimum absolute atomic E-state index is 0.0190. The van der Waals surface area contributed by atoms with Crippen molar-refractivity contribution < 1.29 is 4.92 Å². The van der Waals surface area contributed by atoms with Crippen LogP contribution in [0.4, 0.5) is 11.4 Å². The van der Waals surface area contributed by atoms with Crippen LogP contribution in [0, 0.1) is 10.1 Å². The van der Waals surface area contributed by atoms with Crippen molar-refractivity contribution in [1.29, 1.82) is 0 Å². The van der Waals surface area contributed by atoms with Crippen LogP contribution in [-0.2, 0) is 12.5 Å². The molecule has 1 aromatic heterocycles. The molecule has 1 aromatic carbocycles. The maximum Gasteiger partial charge on any atom is 0.270 e. The molecule has 2 aromatic rings.